The van der Waals surface area contributed by atoms with Gasteiger partial charge in [0.2, 0.25) is 0 Å². The second kappa shape index (κ2) is 11.3. The number of aromatic nitrogens is 5. The molecule has 9 aromatic rings. The minimum Gasteiger partial charge on any atom is -0.296 e. The number of para-hydroxylation sites is 4. The van der Waals surface area contributed by atoms with Crippen LogP contribution in [-0.2, 0) is 12.8 Å². The fraction of sp³-hybridized carbons (Fsp3) is 0.0930. The van der Waals surface area contributed by atoms with Crippen molar-refractivity contribution in [1.82, 2.24) is 24.1 Å². The maximum atomic E-state index is 5.30. The molecule has 6 aromatic carbocycles. The molecule has 0 aliphatic rings. The van der Waals surface area contributed by atoms with Crippen molar-refractivity contribution in [2.75, 3.05) is 0 Å². The quantitative estimate of drug-likeness (QED) is 0.174. The van der Waals surface area contributed by atoms with Crippen molar-refractivity contribution in [2.24, 2.45) is 0 Å². The molecule has 0 saturated heterocycles. The van der Waals surface area contributed by atoms with E-state index >= 15 is 0 Å². The summed E-state index contributed by atoms with van der Waals surface area (Å²) in [6, 6.07) is 49.3. The number of pyridine rings is 1. The largest absolute Gasteiger partial charge is 0.296 e. The molecule has 0 N–H and O–H groups in total. The zero-order chi connectivity index (χ0) is 32.2. The van der Waals surface area contributed by atoms with E-state index in [2.05, 4.69) is 156 Å². The molecule has 0 atom stereocenters. The van der Waals surface area contributed by atoms with Gasteiger partial charge in [-0.15, -0.1) is 0 Å². The lowest BCUT2D eigenvalue weighted by molar-refractivity contribution is 0.908. The van der Waals surface area contributed by atoms with Crippen LogP contribution in [0.3, 0.4) is 0 Å². The molecule has 48 heavy (non-hydrogen) atoms. The number of benzene rings is 6. The predicted molar refractivity (Wildman–Crippen MR) is 198 cm³/mol. The molecule has 3 aromatic heterocycles. The molecule has 0 spiro atoms. The molecule has 0 aliphatic heterocycles. The summed E-state index contributed by atoms with van der Waals surface area (Å²) < 4.78 is 4.57. The first-order chi connectivity index (χ1) is 23.7. The molecule has 0 bridgehead atoms. The summed E-state index contributed by atoms with van der Waals surface area (Å²) in [4.78, 5) is 15.5. The molecule has 0 aliphatic carbocycles. The van der Waals surface area contributed by atoms with Crippen molar-refractivity contribution in [2.45, 2.75) is 26.7 Å². The van der Waals surface area contributed by atoms with Gasteiger partial charge in [-0.05, 0) is 65.0 Å². The van der Waals surface area contributed by atoms with Gasteiger partial charge in [0.1, 0.15) is 11.6 Å². The zero-order valence-corrected chi connectivity index (χ0v) is 26.9. The van der Waals surface area contributed by atoms with E-state index in [1.165, 1.54) is 5.39 Å². The summed E-state index contributed by atoms with van der Waals surface area (Å²) in [7, 11) is 0. The molecular weight excluding hydrogens is 587 g/mol. The normalized spacial score (nSPS) is 11.7. The molecule has 0 unspecified atom stereocenters. The Labute approximate surface area is 278 Å². The second-order valence-corrected chi connectivity index (χ2v) is 12.2. The van der Waals surface area contributed by atoms with E-state index in [0.717, 1.165) is 96.6 Å². The third-order valence-corrected chi connectivity index (χ3v) is 9.43. The lowest BCUT2D eigenvalue weighted by Crippen LogP contribution is -2.00. The third kappa shape index (κ3) is 4.43. The van der Waals surface area contributed by atoms with E-state index in [1.807, 2.05) is 6.07 Å². The Morgan fingerprint density at radius 1 is 0.458 bits per heavy atom. The van der Waals surface area contributed by atoms with Gasteiger partial charge in [-0.1, -0.05) is 105 Å². The maximum Gasteiger partial charge on any atom is 0.114 e. The van der Waals surface area contributed by atoms with E-state index in [4.69, 9.17) is 15.0 Å². The summed E-state index contributed by atoms with van der Waals surface area (Å²) in [5, 5.41) is 3.39. The van der Waals surface area contributed by atoms with E-state index in [9.17, 15) is 0 Å². The van der Waals surface area contributed by atoms with Crippen molar-refractivity contribution in [1.29, 1.82) is 0 Å². The van der Waals surface area contributed by atoms with Crippen LogP contribution >= 0.6 is 0 Å². The molecule has 5 heteroatoms. The predicted octanol–water partition coefficient (Wildman–Crippen LogP) is 10.5. The van der Waals surface area contributed by atoms with Gasteiger partial charge in [0, 0.05) is 40.6 Å². The fourth-order valence-electron chi connectivity index (χ4n) is 7.19. The fourth-order valence-corrected chi connectivity index (χ4v) is 7.19. The van der Waals surface area contributed by atoms with E-state index < -0.39 is 0 Å². The van der Waals surface area contributed by atoms with Crippen molar-refractivity contribution in [3.05, 3.63) is 151 Å². The number of hydrogen-bond acceptors (Lipinski definition) is 3. The summed E-state index contributed by atoms with van der Waals surface area (Å²) in [6.45, 7) is 4.33. The molecule has 230 valence electrons. The topological polar surface area (TPSA) is 48.5 Å². The highest BCUT2D eigenvalue weighted by Crippen LogP contribution is 2.39. The summed E-state index contributed by atoms with van der Waals surface area (Å²) >= 11 is 0. The zero-order valence-electron chi connectivity index (χ0n) is 26.9. The molecule has 3 heterocycles. The average Bonchev–Trinajstić information content (AvgIpc) is 3.73. The minimum absolute atomic E-state index is 0.823. The number of hydrogen-bond donors (Lipinski definition) is 0. The van der Waals surface area contributed by atoms with Gasteiger partial charge in [-0.25, -0.2) is 15.0 Å². The van der Waals surface area contributed by atoms with E-state index in [1.54, 1.807) is 0 Å². The Balaban J connectivity index is 1.21. The Hall–Kier alpha value is -6.07. The van der Waals surface area contributed by atoms with Crippen LogP contribution in [0, 0.1) is 0 Å². The lowest BCUT2D eigenvalue weighted by atomic mass is 9.97. The van der Waals surface area contributed by atoms with Gasteiger partial charge in [0.25, 0.3) is 0 Å². The van der Waals surface area contributed by atoms with Crippen LogP contribution < -0.4 is 0 Å². The number of fused-ring (bicyclic) bond motifs is 6. The van der Waals surface area contributed by atoms with Gasteiger partial charge in [0.05, 0.1) is 33.3 Å². The Kier molecular flexibility index (Phi) is 6.64. The van der Waals surface area contributed by atoms with Crippen molar-refractivity contribution in [3.63, 3.8) is 0 Å². The van der Waals surface area contributed by atoms with Gasteiger partial charge < -0.3 is 0 Å². The Bertz CT molecular complexity index is 2630. The van der Waals surface area contributed by atoms with Gasteiger partial charge in [-0.3, -0.25) is 9.13 Å². The summed E-state index contributed by atoms with van der Waals surface area (Å²) in [5.74, 6) is 2.10. The lowest BCUT2D eigenvalue weighted by Gasteiger charge is -2.13. The summed E-state index contributed by atoms with van der Waals surface area (Å²) in [5.41, 5.74) is 11.8. The first-order valence-electron chi connectivity index (χ1n) is 16.7. The van der Waals surface area contributed by atoms with Crippen LogP contribution in [0.15, 0.2) is 140 Å². The number of aryl methyl sites for hydroxylation is 2. The summed E-state index contributed by atoms with van der Waals surface area (Å²) in [6.07, 6.45) is 1.68. The van der Waals surface area contributed by atoms with Crippen molar-refractivity contribution < 1.29 is 0 Å². The molecular formula is C43H33N5. The van der Waals surface area contributed by atoms with Gasteiger partial charge in [0.15, 0.2) is 0 Å². The third-order valence-electron chi connectivity index (χ3n) is 9.43. The Morgan fingerprint density at radius 3 is 1.94 bits per heavy atom. The molecule has 5 nitrogen and oxygen atoms in total. The monoisotopic (exact) mass is 619 g/mol. The first kappa shape index (κ1) is 28.2. The molecule has 0 fully saturated rings. The van der Waals surface area contributed by atoms with Crippen LogP contribution in [0.4, 0.5) is 0 Å². The Morgan fingerprint density at radius 2 is 1.12 bits per heavy atom. The smallest absolute Gasteiger partial charge is 0.114 e. The van der Waals surface area contributed by atoms with Crippen molar-refractivity contribution in [3.8, 4) is 33.8 Å². The standard InChI is InChI=1S/C43H33N5/c1-3-39-44-36-19-10-11-20-37(36)48(39)32-16-12-13-30(27-32)28-21-23-29(24-22-28)42-41-34(33-17-8-9-18-35(33)45-42)25-26-38-43(41)46-40(4-2)47(38)31-14-6-5-7-15-31/h5-27H,3-4H2,1-2H3. The van der Waals surface area contributed by atoms with Crippen LogP contribution in [0.25, 0.3) is 77.5 Å². The van der Waals surface area contributed by atoms with E-state index in [-0.39, 0.29) is 0 Å². The van der Waals surface area contributed by atoms with Crippen LogP contribution in [0.1, 0.15) is 25.5 Å². The highest BCUT2D eigenvalue weighted by molar-refractivity contribution is 6.19. The van der Waals surface area contributed by atoms with E-state index in [0.29, 0.717) is 0 Å². The highest BCUT2D eigenvalue weighted by atomic mass is 15.1. The number of rotatable bonds is 6. The SMILES string of the molecule is CCc1nc2ccccc2n1-c1cccc(-c2ccc(-c3nc4ccccc4c4ccc5c(nc(CC)n5-c5ccccc5)c34)cc2)c1. The van der Waals surface area contributed by atoms with Crippen LogP contribution in [-0.4, -0.2) is 24.1 Å². The highest BCUT2D eigenvalue weighted by Gasteiger charge is 2.19. The van der Waals surface area contributed by atoms with Crippen LogP contribution in [0.2, 0.25) is 0 Å². The molecule has 0 saturated carbocycles. The molecule has 0 amide bonds. The maximum absolute atomic E-state index is 5.30. The minimum atomic E-state index is 0.823. The first-order valence-corrected chi connectivity index (χ1v) is 16.7. The molecule has 9 rings (SSSR count). The second-order valence-electron chi connectivity index (χ2n) is 12.2. The number of imidazole rings is 2. The van der Waals surface area contributed by atoms with Gasteiger partial charge in [-0.2, -0.15) is 0 Å². The van der Waals surface area contributed by atoms with Crippen LogP contribution in [0.5, 0.6) is 0 Å². The average molecular weight is 620 g/mol. The van der Waals surface area contributed by atoms with Gasteiger partial charge >= 0.3 is 0 Å². The molecule has 0 radical (unpaired) electrons. The van der Waals surface area contributed by atoms with Crippen molar-refractivity contribution >= 4 is 43.7 Å². The number of nitrogens with zero attached hydrogens (tertiary/aromatic N) is 5.